The summed E-state index contributed by atoms with van der Waals surface area (Å²) in [5.41, 5.74) is 0.800. The molecule has 2 N–H and O–H groups in total. The molecule has 2 saturated heterocycles. The van der Waals surface area contributed by atoms with Crippen LogP contribution in [0.4, 0.5) is 0 Å². The minimum Gasteiger partial charge on any atom is -0.394 e. The average Bonchev–Trinajstić information content (AvgIpc) is 3.24. The summed E-state index contributed by atoms with van der Waals surface area (Å²) in [5, 5.41) is 20.2. The summed E-state index contributed by atoms with van der Waals surface area (Å²) in [7, 11) is 0. The van der Waals surface area contributed by atoms with E-state index in [4.69, 9.17) is 23.7 Å². The van der Waals surface area contributed by atoms with E-state index in [1.165, 1.54) is 0 Å². The van der Waals surface area contributed by atoms with Crippen molar-refractivity contribution in [3.8, 4) is 0 Å². The third-order valence-corrected chi connectivity index (χ3v) is 5.63. The molecule has 168 valence electrons. The second-order valence-corrected chi connectivity index (χ2v) is 8.44. The number of benzene rings is 2. The Morgan fingerprint density at radius 3 is 2.16 bits per heavy atom. The summed E-state index contributed by atoms with van der Waals surface area (Å²) in [4.78, 5) is 0. The molecule has 0 amide bonds. The largest absolute Gasteiger partial charge is 0.394 e. The van der Waals surface area contributed by atoms with Crippen LogP contribution in [0.1, 0.15) is 25.0 Å². The van der Waals surface area contributed by atoms with Gasteiger partial charge < -0.3 is 33.9 Å². The van der Waals surface area contributed by atoms with Gasteiger partial charge in [0.1, 0.15) is 18.3 Å². The lowest BCUT2D eigenvalue weighted by molar-refractivity contribution is -0.262. The molecule has 31 heavy (non-hydrogen) atoms. The molecule has 0 aliphatic carbocycles. The summed E-state index contributed by atoms with van der Waals surface area (Å²) >= 11 is 0. The molecule has 7 nitrogen and oxygen atoms in total. The van der Waals surface area contributed by atoms with Crippen molar-refractivity contribution in [2.24, 2.45) is 0 Å². The minimum atomic E-state index is -1.18. The lowest BCUT2D eigenvalue weighted by atomic mass is 9.89. The highest BCUT2D eigenvalue weighted by Gasteiger charge is 2.66. The molecule has 7 heteroatoms. The van der Waals surface area contributed by atoms with Crippen molar-refractivity contribution in [2.75, 3.05) is 13.2 Å². The Bertz CT molecular complexity index is 828. The first-order valence-electron chi connectivity index (χ1n) is 10.5. The van der Waals surface area contributed by atoms with Gasteiger partial charge in [0.05, 0.1) is 26.4 Å². The molecule has 2 aromatic carbocycles. The van der Waals surface area contributed by atoms with Gasteiger partial charge >= 0.3 is 0 Å². The van der Waals surface area contributed by atoms with Crippen molar-refractivity contribution in [1.29, 1.82) is 0 Å². The Balaban J connectivity index is 1.60. The zero-order valence-electron chi connectivity index (χ0n) is 17.8. The van der Waals surface area contributed by atoms with Crippen molar-refractivity contribution in [3.05, 3.63) is 71.8 Å². The molecule has 5 atom stereocenters. The predicted octanol–water partition coefficient (Wildman–Crippen LogP) is 2.39. The zero-order chi connectivity index (χ0) is 21.9. The molecule has 4 rings (SSSR count). The standard InChI is InChI=1S/C24H30O7/c1-23(2)30-21-22(31-23)29-20(19(26)13-25)24(21,28-15-18-11-7-4-8-12-18)16-27-14-17-9-5-3-6-10-17/h3-12,19-22,25-26H,13-16H2,1-2H3/t19-,20-,21+,22-,24+/m1/s1. The van der Waals surface area contributed by atoms with Gasteiger partial charge in [-0.15, -0.1) is 0 Å². The highest BCUT2D eigenvalue weighted by molar-refractivity contribution is 5.16. The van der Waals surface area contributed by atoms with Gasteiger partial charge in [0.2, 0.25) is 0 Å². The Labute approximate surface area is 182 Å². The van der Waals surface area contributed by atoms with Gasteiger partial charge in [0.25, 0.3) is 0 Å². The molecule has 2 aliphatic heterocycles. The normalized spacial score (nSPS) is 30.3. The molecule has 0 unspecified atom stereocenters. The monoisotopic (exact) mass is 430 g/mol. The van der Waals surface area contributed by atoms with Gasteiger partial charge in [0, 0.05) is 0 Å². The van der Waals surface area contributed by atoms with Gasteiger partial charge in [-0.1, -0.05) is 60.7 Å². The van der Waals surface area contributed by atoms with Gasteiger partial charge in [-0.25, -0.2) is 0 Å². The van der Waals surface area contributed by atoms with Crippen LogP contribution in [0.15, 0.2) is 60.7 Å². The van der Waals surface area contributed by atoms with Crippen LogP contribution in [0.25, 0.3) is 0 Å². The van der Waals surface area contributed by atoms with E-state index in [0.29, 0.717) is 6.61 Å². The summed E-state index contributed by atoms with van der Waals surface area (Å²) in [6.45, 7) is 3.85. The number of fused-ring (bicyclic) bond motifs is 1. The highest BCUT2D eigenvalue weighted by Crippen LogP contribution is 2.46. The first-order chi connectivity index (χ1) is 14.9. The van der Waals surface area contributed by atoms with Crippen LogP contribution in [0, 0.1) is 0 Å². The molecule has 0 radical (unpaired) electrons. The second-order valence-electron chi connectivity index (χ2n) is 8.44. The minimum absolute atomic E-state index is 0.0943. The third-order valence-electron chi connectivity index (χ3n) is 5.63. The Kier molecular flexibility index (Phi) is 6.74. The molecule has 0 spiro atoms. The molecule has 2 aromatic rings. The number of aliphatic hydroxyl groups is 2. The van der Waals surface area contributed by atoms with E-state index >= 15 is 0 Å². The van der Waals surface area contributed by atoms with E-state index in [9.17, 15) is 10.2 Å². The van der Waals surface area contributed by atoms with Crippen LogP contribution >= 0.6 is 0 Å². The Hall–Kier alpha value is -1.84. The third kappa shape index (κ3) is 4.83. The second kappa shape index (κ2) is 9.34. The first kappa shape index (κ1) is 22.4. The van der Waals surface area contributed by atoms with Crippen molar-refractivity contribution in [3.63, 3.8) is 0 Å². The number of hydrogen-bond acceptors (Lipinski definition) is 7. The van der Waals surface area contributed by atoms with E-state index in [1.54, 1.807) is 13.8 Å². The van der Waals surface area contributed by atoms with Gasteiger partial charge in [-0.3, -0.25) is 0 Å². The van der Waals surface area contributed by atoms with E-state index in [-0.39, 0.29) is 13.2 Å². The van der Waals surface area contributed by atoms with Crippen molar-refractivity contribution >= 4 is 0 Å². The number of rotatable bonds is 9. The maximum absolute atomic E-state index is 10.6. The van der Waals surface area contributed by atoms with Crippen LogP contribution in [0.3, 0.4) is 0 Å². The SMILES string of the molecule is CC1(C)O[C@H]2O[C@H]([C@H](O)CO)[C@](COCc3ccccc3)(OCc3ccccc3)[C@H]2O1. The maximum atomic E-state index is 10.6. The number of aliphatic hydroxyl groups excluding tert-OH is 2. The highest BCUT2D eigenvalue weighted by atomic mass is 16.8. The van der Waals surface area contributed by atoms with E-state index in [2.05, 4.69) is 0 Å². The van der Waals surface area contributed by atoms with Gasteiger partial charge in [-0.2, -0.15) is 0 Å². The molecule has 0 bridgehead atoms. The number of hydrogen-bond donors (Lipinski definition) is 2. The van der Waals surface area contributed by atoms with Crippen molar-refractivity contribution in [2.45, 2.75) is 63.1 Å². The first-order valence-corrected chi connectivity index (χ1v) is 10.5. The smallest absolute Gasteiger partial charge is 0.190 e. The molecular formula is C24H30O7. The molecule has 2 aliphatic rings. The summed E-state index contributed by atoms with van der Waals surface area (Å²) in [5.74, 6) is -0.870. The van der Waals surface area contributed by atoms with Crippen LogP contribution in [-0.4, -0.2) is 59.4 Å². The fraction of sp³-hybridized carbons (Fsp3) is 0.500. The van der Waals surface area contributed by atoms with Crippen LogP contribution in [-0.2, 0) is 36.9 Å². The lowest BCUT2D eigenvalue weighted by Gasteiger charge is -2.39. The van der Waals surface area contributed by atoms with Gasteiger partial charge in [-0.05, 0) is 25.0 Å². The Morgan fingerprint density at radius 2 is 1.55 bits per heavy atom. The van der Waals surface area contributed by atoms with Crippen molar-refractivity contribution in [1.82, 2.24) is 0 Å². The summed E-state index contributed by atoms with van der Waals surface area (Å²) in [6.07, 6.45) is -3.44. The quantitative estimate of drug-likeness (QED) is 0.632. The fourth-order valence-corrected chi connectivity index (χ4v) is 4.16. The zero-order valence-corrected chi connectivity index (χ0v) is 17.8. The Morgan fingerprint density at radius 1 is 0.935 bits per heavy atom. The lowest BCUT2D eigenvalue weighted by Crippen LogP contribution is -2.58. The topological polar surface area (TPSA) is 86.6 Å². The van der Waals surface area contributed by atoms with Crippen LogP contribution in [0.5, 0.6) is 0 Å². The van der Waals surface area contributed by atoms with Crippen LogP contribution < -0.4 is 0 Å². The molecule has 2 heterocycles. The summed E-state index contributed by atoms with van der Waals surface area (Å²) < 4.78 is 30.6. The predicted molar refractivity (Wildman–Crippen MR) is 112 cm³/mol. The van der Waals surface area contributed by atoms with E-state index in [0.717, 1.165) is 11.1 Å². The van der Waals surface area contributed by atoms with E-state index in [1.807, 2.05) is 60.7 Å². The average molecular weight is 430 g/mol. The van der Waals surface area contributed by atoms with E-state index < -0.39 is 42.6 Å². The maximum Gasteiger partial charge on any atom is 0.190 e. The van der Waals surface area contributed by atoms with Gasteiger partial charge in [0.15, 0.2) is 17.7 Å². The molecule has 0 saturated carbocycles. The molecular weight excluding hydrogens is 400 g/mol. The molecule has 0 aromatic heterocycles. The number of ether oxygens (including phenoxy) is 5. The van der Waals surface area contributed by atoms with Crippen LogP contribution in [0.2, 0.25) is 0 Å². The molecule has 2 fully saturated rings. The van der Waals surface area contributed by atoms with Crippen molar-refractivity contribution < 1.29 is 33.9 Å². The summed E-state index contributed by atoms with van der Waals surface area (Å²) in [6, 6.07) is 19.5. The fourth-order valence-electron chi connectivity index (χ4n) is 4.16.